The summed E-state index contributed by atoms with van der Waals surface area (Å²) in [7, 11) is 0. The number of rotatable bonds is 9. The third kappa shape index (κ3) is 5.99. The van der Waals surface area contributed by atoms with E-state index >= 15 is 0 Å². The van der Waals surface area contributed by atoms with Gasteiger partial charge in [-0.1, -0.05) is 6.07 Å². The molecule has 0 spiro atoms. The zero-order valence-electron chi connectivity index (χ0n) is 18.9. The zero-order valence-corrected chi connectivity index (χ0v) is 19.7. The van der Waals surface area contributed by atoms with E-state index in [0.717, 1.165) is 43.2 Å². The summed E-state index contributed by atoms with van der Waals surface area (Å²) < 4.78 is 0. The second-order valence-corrected chi connectivity index (χ2v) is 9.40. The van der Waals surface area contributed by atoms with Gasteiger partial charge in [-0.2, -0.15) is 0 Å². The lowest BCUT2D eigenvalue weighted by Gasteiger charge is -2.31. The highest BCUT2D eigenvalue weighted by Crippen LogP contribution is 2.26. The number of carbonyl (C=O) groups is 1. The molecule has 34 heavy (non-hydrogen) atoms. The van der Waals surface area contributed by atoms with Crippen LogP contribution in [0.2, 0.25) is 0 Å². The summed E-state index contributed by atoms with van der Waals surface area (Å²) in [6, 6.07) is 7.33. The Hall–Kier alpha value is -3.28. The lowest BCUT2D eigenvalue weighted by molar-refractivity contribution is 0.0930. The molecule has 4 heterocycles. The molecule has 7 N–H and O–H groups in total. The van der Waals surface area contributed by atoms with Gasteiger partial charge >= 0.3 is 0 Å². The molecule has 0 aromatic carbocycles. The first kappa shape index (κ1) is 23.9. The van der Waals surface area contributed by atoms with E-state index in [1.54, 1.807) is 17.5 Å². The minimum atomic E-state index is -0.284. The van der Waals surface area contributed by atoms with Crippen LogP contribution in [0.4, 0.5) is 17.2 Å². The van der Waals surface area contributed by atoms with Crippen molar-refractivity contribution in [3.8, 4) is 10.7 Å². The Morgan fingerprint density at radius 1 is 1.24 bits per heavy atom. The molecule has 0 saturated carbocycles. The summed E-state index contributed by atoms with van der Waals surface area (Å²) in [5.41, 5.74) is 13.5. The van der Waals surface area contributed by atoms with Crippen molar-refractivity contribution in [3.63, 3.8) is 0 Å². The van der Waals surface area contributed by atoms with Crippen molar-refractivity contribution in [2.75, 3.05) is 49.6 Å². The van der Waals surface area contributed by atoms with Crippen molar-refractivity contribution < 1.29 is 9.90 Å². The molecule has 4 rings (SSSR count). The van der Waals surface area contributed by atoms with Gasteiger partial charge in [0.25, 0.3) is 5.91 Å². The van der Waals surface area contributed by atoms with Crippen LogP contribution < -0.4 is 22.1 Å². The predicted molar refractivity (Wildman–Crippen MR) is 134 cm³/mol. The number of nitrogen functional groups attached to an aromatic ring is 2. The summed E-state index contributed by atoms with van der Waals surface area (Å²) >= 11 is 1.68. The second-order valence-electron chi connectivity index (χ2n) is 8.29. The quantitative estimate of drug-likeness (QED) is 0.307. The summed E-state index contributed by atoms with van der Waals surface area (Å²) in [5, 5.41) is 15.8. The smallest absolute Gasteiger partial charge is 0.270 e. The number of nitrogens with one attached hydrogen (secondary N) is 2. The summed E-state index contributed by atoms with van der Waals surface area (Å²) in [4.78, 5) is 29.4. The number of aliphatic hydroxyl groups excluding tert-OH is 1. The molecule has 3 aromatic rings. The van der Waals surface area contributed by atoms with Crippen LogP contribution in [0, 0.1) is 5.92 Å². The van der Waals surface area contributed by atoms with Gasteiger partial charge in [-0.3, -0.25) is 14.7 Å². The van der Waals surface area contributed by atoms with Gasteiger partial charge < -0.3 is 27.2 Å². The highest BCUT2D eigenvalue weighted by Gasteiger charge is 2.21. The Bertz CT molecular complexity index is 1100. The second kappa shape index (κ2) is 11.2. The number of nitrogens with zero attached hydrogens (tertiary/aromatic N) is 4. The Balaban J connectivity index is 1.24. The standard InChI is InChI=1S/C23H30N8O2S/c24-17-11-19(30-21(20(17)25)27-7-10-32)22(33)28-12-15-4-8-31(9-5-15)14-16-13-29-23(34-16)18-3-1-2-6-26-18/h1-3,6,11,13,15,32H,4-5,7-10,12,14,25H2,(H,28,33)(H3,24,27,30). The topological polar surface area (TPSA) is 155 Å². The fraction of sp³-hybridized carbons (Fsp3) is 0.391. The van der Waals surface area contributed by atoms with Crippen molar-refractivity contribution in [2.24, 2.45) is 5.92 Å². The minimum Gasteiger partial charge on any atom is -0.397 e. The van der Waals surface area contributed by atoms with E-state index in [0.29, 0.717) is 18.3 Å². The maximum Gasteiger partial charge on any atom is 0.270 e. The van der Waals surface area contributed by atoms with E-state index in [4.69, 9.17) is 16.6 Å². The van der Waals surface area contributed by atoms with Crippen molar-refractivity contribution in [1.29, 1.82) is 0 Å². The highest BCUT2D eigenvalue weighted by atomic mass is 32.1. The SMILES string of the molecule is Nc1cc(C(=O)NCC2CCN(Cc3cnc(-c4ccccn4)s3)CC2)nc(NCCO)c1N. The van der Waals surface area contributed by atoms with Crippen LogP contribution in [0.3, 0.4) is 0 Å². The first-order valence-electron chi connectivity index (χ1n) is 11.3. The fourth-order valence-electron chi connectivity index (χ4n) is 3.89. The van der Waals surface area contributed by atoms with E-state index in [1.165, 1.54) is 10.9 Å². The molecule has 0 aliphatic carbocycles. The number of hydrogen-bond acceptors (Lipinski definition) is 10. The van der Waals surface area contributed by atoms with Gasteiger partial charge in [-0.25, -0.2) is 9.97 Å². The lowest BCUT2D eigenvalue weighted by atomic mass is 9.96. The number of piperidine rings is 1. The third-order valence-electron chi connectivity index (χ3n) is 5.80. The number of aromatic nitrogens is 3. The number of amides is 1. The fourth-order valence-corrected chi connectivity index (χ4v) is 4.82. The van der Waals surface area contributed by atoms with Crippen LogP contribution in [-0.2, 0) is 6.54 Å². The Morgan fingerprint density at radius 2 is 2.06 bits per heavy atom. The number of hydrogen-bond donors (Lipinski definition) is 5. The van der Waals surface area contributed by atoms with Gasteiger partial charge in [0.05, 0.1) is 23.7 Å². The number of carbonyl (C=O) groups excluding carboxylic acids is 1. The number of pyridine rings is 2. The first-order valence-corrected chi connectivity index (χ1v) is 12.1. The van der Waals surface area contributed by atoms with Gasteiger partial charge in [0, 0.05) is 36.9 Å². The van der Waals surface area contributed by atoms with Crippen molar-refractivity contribution in [1.82, 2.24) is 25.2 Å². The van der Waals surface area contributed by atoms with Crippen molar-refractivity contribution in [2.45, 2.75) is 19.4 Å². The monoisotopic (exact) mass is 482 g/mol. The molecule has 1 aliphatic rings. The minimum absolute atomic E-state index is 0.0788. The molecule has 1 fully saturated rings. The van der Waals surface area contributed by atoms with E-state index in [2.05, 4.69) is 30.5 Å². The maximum absolute atomic E-state index is 12.6. The van der Waals surface area contributed by atoms with E-state index < -0.39 is 0 Å². The van der Waals surface area contributed by atoms with Gasteiger partial charge in [-0.05, 0) is 50.0 Å². The molecule has 11 heteroatoms. The average molecular weight is 483 g/mol. The third-order valence-corrected chi connectivity index (χ3v) is 6.81. The Labute approximate surface area is 202 Å². The normalized spacial score (nSPS) is 14.7. The molecule has 0 radical (unpaired) electrons. The molecular formula is C23H30N8O2S. The summed E-state index contributed by atoms with van der Waals surface area (Å²) in [5.74, 6) is 0.429. The van der Waals surface area contributed by atoms with Crippen LogP contribution >= 0.6 is 11.3 Å². The molecule has 0 bridgehead atoms. The number of aliphatic hydroxyl groups is 1. The number of anilines is 3. The molecular weight excluding hydrogens is 452 g/mol. The molecule has 0 unspecified atom stereocenters. The molecule has 3 aromatic heterocycles. The highest BCUT2D eigenvalue weighted by molar-refractivity contribution is 7.14. The predicted octanol–water partition coefficient (Wildman–Crippen LogP) is 1.81. The Morgan fingerprint density at radius 3 is 2.79 bits per heavy atom. The van der Waals surface area contributed by atoms with Crippen LogP contribution in [0.1, 0.15) is 28.2 Å². The molecule has 1 aliphatic heterocycles. The van der Waals surface area contributed by atoms with Gasteiger partial charge in [0.15, 0.2) is 5.82 Å². The average Bonchev–Trinajstić information content (AvgIpc) is 3.33. The molecule has 10 nitrogen and oxygen atoms in total. The largest absolute Gasteiger partial charge is 0.397 e. The van der Waals surface area contributed by atoms with Gasteiger partial charge in [-0.15, -0.1) is 11.3 Å². The van der Waals surface area contributed by atoms with Crippen molar-refractivity contribution in [3.05, 3.63) is 47.2 Å². The van der Waals surface area contributed by atoms with Crippen LogP contribution in [-0.4, -0.2) is 63.7 Å². The summed E-state index contributed by atoms with van der Waals surface area (Å²) in [6.07, 6.45) is 5.74. The van der Waals surface area contributed by atoms with Crippen LogP contribution in [0.5, 0.6) is 0 Å². The van der Waals surface area contributed by atoms with Crippen LogP contribution in [0.25, 0.3) is 10.7 Å². The molecule has 0 atom stereocenters. The van der Waals surface area contributed by atoms with Gasteiger partial charge in [0.2, 0.25) is 0 Å². The zero-order chi connectivity index (χ0) is 23.9. The van der Waals surface area contributed by atoms with E-state index in [1.807, 2.05) is 24.4 Å². The van der Waals surface area contributed by atoms with Crippen LogP contribution in [0.15, 0.2) is 36.7 Å². The lowest BCUT2D eigenvalue weighted by Crippen LogP contribution is -2.38. The van der Waals surface area contributed by atoms with Gasteiger partial charge in [0.1, 0.15) is 10.7 Å². The molecule has 180 valence electrons. The first-order chi connectivity index (χ1) is 16.5. The number of likely N-dealkylation sites (tertiary alicyclic amines) is 1. The Kier molecular flexibility index (Phi) is 7.88. The number of thiazole rings is 1. The van der Waals surface area contributed by atoms with E-state index in [9.17, 15) is 4.79 Å². The van der Waals surface area contributed by atoms with E-state index in [-0.39, 0.29) is 36.1 Å². The summed E-state index contributed by atoms with van der Waals surface area (Å²) in [6.45, 7) is 3.60. The molecule has 1 amide bonds. The number of nitrogens with two attached hydrogens (primary N) is 2. The maximum atomic E-state index is 12.6. The molecule has 1 saturated heterocycles. The van der Waals surface area contributed by atoms with Crippen molar-refractivity contribution >= 4 is 34.4 Å².